The van der Waals surface area contributed by atoms with E-state index in [1.807, 2.05) is 0 Å². The summed E-state index contributed by atoms with van der Waals surface area (Å²) in [4.78, 5) is 2.65. The standard InChI is InChI=1S/C13H25NO/c1-12(2)15-11-13(6-7-13)10-14-8-4-3-5-9-14/h12H,3-11H2,1-2H3. The molecule has 2 fully saturated rings. The van der Waals surface area contributed by atoms with Gasteiger partial charge in [-0.3, -0.25) is 0 Å². The van der Waals surface area contributed by atoms with Crippen LogP contribution < -0.4 is 0 Å². The van der Waals surface area contributed by atoms with Crippen molar-refractivity contribution in [2.24, 2.45) is 5.41 Å². The van der Waals surface area contributed by atoms with Gasteiger partial charge in [0.15, 0.2) is 0 Å². The van der Waals surface area contributed by atoms with Crippen molar-refractivity contribution in [2.45, 2.75) is 52.1 Å². The van der Waals surface area contributed by atoms with Gasteiger partial charge in [0, 0.05) is 12.0 Å². The minimum Gasteiger partial charge on any atom is -0.378 e. The Bertz CT molecular complexity index is 193. The first kappa shape index (κ1) is 11.4. The summed E-state index contributed by atoms with van der Waals surface area (Å²) in [6.07, 6.45) is 7.41. The van der Waals surface area contributed by atoms with Crippen LogP contribution in [0.1, 0.15) is 46.0 Å². The van der Waals surface area contributed by atoms with Crippen LogP contribution in [0, 0.1) is 5.41 Å². The summed E-state index contributed by atoms with van der Waals surface area (Å²) in [5.74, 6) is 0. The van der Waals surface area contributed by atoms with Crippen LogP contribution in [0.15, 0.2) is 0 Å². The SMILES string of the molecule is CC(C)OCC1(CN2CCCCC2)CC1. The largest absolute Gasteiger partial charge is 0.378 e. The predicted molar refractivity (Wildman–Crippen MR) is 63.0 cm³/mol. The Hall–Kier alpha value is -0.0800. The van der Waals surface area contributed by atoms with E-state index in [-0.39, 0.29) is 0 Å². The van der Waals surface area contributed by atoms with E-state index < -0.39 is 0 Å². The highest BCUT2D eigenvalue weighted by Gasteiger charge is 2.44. The van der Waals surface area contributed by atoms with Crippen molar-refractivity contribution in [1.82, 2.24) is 4.90 Å². The molecule has 1 aliphatic carbocycles. The molecule has 0 aromatic rings. The highest BCUT2D eigenvalue weighted by Crippen LogP contribution is 2.46. The van der Waals surface area contributed by atoms with Crippen LogP contribution in [0.25, 0.3) is 0 Å². The third kappa shape index (κ3) is 3.46. The van der Waals surface area contributed by atoms with E-state index in [9.17, 15) is 0 Å². The van der Waals surface area contributed by atoms with Crippen LogP contribution in [-0.2, 0) is 4.74 Å². The fourth-order valence-corrected chi connectivity index (χ4v) is 2.46. The zero-order valence-electron chi connectivity index (χ0n) is 10.3. The molecule has 0 N–H and O–H groups in total. The molecule has 2 heteroatoms. The fraction of sp³-hybridized carbons (Fsp3) is 1.00. The van der Waals surface area contributed by atoms with E-state index >= 15 is 0 Å². The molecule has 1 saturated carbocycles. The Morgan fingerprint density at radius 2 is 1.80 bits per heavy atom. The average Bonchev–Trinajstić information content (AvgIpc) is 2.97. The number of hydrogen-bond acceptors (Lipinski definition) is 2. The maximum Gasteiger partial charge on any atom is 0.0538 e. The van der Waals surface area contributed by atoms with Crippen molar-refractivity contribution >= 4 is 0 Å². The summed E-state index contributed by atoms with van der Waals surface area (Å²) in [5.41, 5.74) is 0.543. The topological polar surface area (TPSA) is 12.5 Å². The molecule has 0 aromatic heterocycles. The summed E-state index contributed by atoms with van der Waals surface area (Å²) in [5, 5.41) is 0. The van der Waals surface area contributed by atoms with Gasteiger partial charge in [-0.25, -0.2) is 0 Å². The van der Waals surface area contributed by atoms with Gasteiger partial charge < -0.3 is 9.64 Å². The molecule has 0 aromatic carbocycles. The first-order valence-electron chi connectivity index (χ1n) is 6.54. The van der Waals surface area contributed by atoms with Crippen LogP contribution in [0.5, 0.6) is 0 Å². The second-order valence-electron chi connectivity index (χ2n) is 5.70. The summed E-state index contributed by atoms with van der Waals surface area (Å²) in [6, 6.07) is 0. The normalized spacial score (nSPS) is 25.8. The Labute approximate surface area is 94.0 Å². The van der Waals surface area contributed by atoms with Gasteiger partial charge in [0.05, 0.1) is 12.7 Å². The molecule has 0 amide bonds. The van der Waals surface area contributed by atoms with E-state index in [1.165, 1.54) is 51.7 Å². The average molecular weight is 211 g/mol. The molecule has 2 rings (SSSR count). The molecule has 0 radical (unpaired) electrons. The summed E-state index contributed by atoms with van der Waals surface area (Å²) in [7, 11) is 0. The third-order valence-electron chi connectivity index (χ3n) is 3.69. The molecule has 0 bridgehead atoms. The van der Waals surface area contributed by atoms with Gasteiger partial charge in [-0.2, -0.15) is 0 Å². The van der Waals surface area contributed by atoms with Gasteiger partial charge in [0.2, 0.25) is 0 Å². The lowest BCUT2D eigenvalue weighted by atomic mass is 10.0. The Kier molecular flexibility index (Phi) is 3.68. The van der Waals surface area contributed by atoms with Crippen LogP contribution in [0.2, 0.25) is 0 Å². The van der Waals surface area contributed by atoms with Gasteiger partial charge in [-0.05, 0) is 52.6 Å². The lowest BCUT2D eigenvalue weighted by molar-refractivity contribution is 0.0287. The molecular weight excluding hydrogens is 186 g/mol. The quantitative estimate of drug-likeness (QED) is 0.693. The molecule has 15 heavy (non-hydrogen) atoms. The van der Waals surface area contributed by atoms with Gasteiger partial charge in [0.25, 0.3) is 0 Å². The minimum absolute atomic E-state index is 0.392. The zero-order valence-corrected chi connectivity index (χ0v) is 10.3. The highest BCUT2D eigenvalue weighted by molar-refractivity contribution is 4.96. The lowest BCUT2D eigenvalue weighted by Crippen LogP contribution is -2.36. The molecule has 2 nitrogen and oxygen atoms in total. The Morgan fingerprint density at radius 3 is 2.33 bits per heavy atom. The van der Waals surface area contributed by atoms with Crippen molar-refractivity contribution in [3.8, 4) is 0 Å². The summed E-state index contributed by atoms with van der Waals surface area (Å²) in [6.45, 7) is 9.20. The van der Waals surface area contributed by atoms with Gasteiger partial charge >= 0.3 is 0 Å². The number of rotatable bonds is 5. The first-order chi connectivity index (χ1) is 7.20. The molecule has 2 aliphatic rings. The van der Waals surface area contributed by atoms with Crippen molar-refractivity contribution in [2.75, 3.05) is 26.2 Å². The van der Waals surface area contributed by atoms with E-state index in [0.29, 0.717) is 11.5 Å². The number of likely N-dealkylation sites (tertiary alicyclic amines) is 1. The fourth-order valence-electron chi connectivity index (χ4n) is 2.46. The predicted octanol–water partition coefficient (Wildman–Crippen LogP) is 2.68. The van der Waals surface area contributed by atoms with Crippen molar-refractivity contribution < 1.29 is 4.74 Å². The maximum absolute atomic E-state index is 5.78. The number of hydrogen-bond donors (Lipinski definition) is 0. The molecule has 0 unspecified atom stereocenters. The molecule has 88 valence electrons. The Morgan fingerprint density at radius 1 is 1.13 bits per heavy atom. The smallest absolute Gasteiger partial charge is 0.0538 e. The molecule has 1 saturated heterocycles. The molecule has 1 aliphatic heterocycles. The van der Waals surface area contributed by atoms with E-state index in [2.05, 4.69) is 18.7 Å². The van der Waals surface area contributed by atoms with Crippen LogP contribution in [-0.4, -0.2) is 37.2 Å². The van der Waals surface area contributed by atoms with Crippen molar-refractivity contribution in [3.63, 3.8) is 0 Å². The second kappa shape index (κ2) is 4.84. The molecule has 0 spiro atoms. The number of nitrogens with zero attached hydrogens (tertiary/aromatic N) is 1. The van der Waals surface area contributed by atoms with Crippen molar-refractivity contribution in [3.05, 3.63) is 0 Å². The van der Waals surface area contributed by atoms with E-state index in [1.54, 1.807) is 0 Å². The Balaban J connectivity index is 1.72. The summed E-state index contributed by atoms with van der Waals surface area (Å²) < 4.78 is 5.78. The maximum atomic E-state index is 5.78. The summed E-state index contributed by atoms with van der Waals surface area (Å²) >= 11 is 0. The van der Waals surface area contributed by atoms with Crippen molar-refractivity contribution in [1.29, 1.82) is 0 Å². The highest BCUT2D eigenvalue weighted by atomic mass is 16.5. The molecular formula is C13H25NO. The third-order valence-corrected chi connectivity index (χ3v) is 3.69. The minimum atomic E-state index is 0.392. The molecule has 1 heterocycles. The van der Waals surface area contributed by atoms with Gasteiger partial charge in [0.1, 0.15) is 0 Å². The van der Waals surface area contributed by atoms with E-state index in [0.717, 1.165) is 6.61 Å². The van der Waals surface area contributed by atoms with Crippen LogP contribution >= 0.6 is 0 Å². The lowest BCUT2D eigenvalue weighted by Gasteiger charge is -2.30. The number of ether oxygens (including phenoxy) is 1. The van der Waals surface area contributed by atoms with Crippen LogP contribution in [0.4, 0.5) is 0 Å². The molecule has 0 atom stereocenters. The van der Waals surface area contributed by atoms with E-state index in [4.69, 9.17) is 4.74 Å². The second-order valence-corrected chi connectivity index (χ2v) is 5.70. The zero-order chi connectivity index (χ0) is 10.7. The monoisotopic (exact) mass is 211 g/mol. The van der Waals surface area contributed by atoms with Gasteiger partial charge in [-0.1, -0.05) is 6.42 Å². The van der Waals surface area contributed by atoms with Crippen LogP contribution in [0.3, 0.4) is 0 Å². The van der Waals surface area contributed by atoms with Gasteiger partial charge in [-0.15, -0.1) is 0 Å². The first-order valence-corrected chi connectivity index (χ1v) is 6.54. The number of piperidine rings is 1.